The highest BCUT2D eigenvalue weighted by Crippen LogP contribution is 2.36. The van der Waals surface area contributed by atoms with E-state index in [2.05, 4.69) is 19.1 Å². The number of unbranched alkanes of at least 4 members (excludes halogenated alkanes) is 1. The number of allylic oxidation sites excluding steroid dienone is 2. The van der Waals surface area contributed by atoms with Crippen LogP contribution < -0.4 is 0 Å². The van der Waals surface area contributed by atoms with Crippen LogP contribution in [-0.4, -0.2) is 19.5 Å². The van der Waals surface area contributed by atoms with Crippen molar-refractivity contribution < 1.29 is 18.3 Å². The second-order valence-electron chi connectivity index (χ2n) is 9.23. The van der Waals surface area contributed by atoms with E-state index in [0.29, 0.717) is 11.8 Å². The van der Waals surface area contributed by atoms with Crippen molar-refractivity contribution >= 4 is 0 Å². The van der Waals surface area contributed by atoms with Crippen molar-refractivity contribution in [3.8, 4) is 0 Å². The smallest absolute Gasteiger partial charge is 0.266 e. The highest BCUT2D eigenvalue weighted by atomic mass is 19.3. The number of halogens is 2. The maximum Gasteiger partial charge on any atom is 0.266 e. The van der Waals surface area contributed by atoms with Crippen LogP contribution in [0.2, 0.25) is 0 Å². The number of hydrogen-bond donors (Lipinski definition) is 0. The van der Waals surface area contributed by atoms with Crippen LogP contribution in [0.5, 0.6) is 0 Å². The van der Waals surface area contributed by atoms with Gasteiger partial charge in [0.15, 0.2) is 6.29 Å². The summed E-state index contributed by atoms with van der Waals surface area (Å²) in [5.74, 6) is 2.43. The topological polar surface area (TPSA) is 18.5 Å². The molecule has 28 heavy (non-hydrogen) atoms. The summed E-state index contributed by atoms with van der Waals surface area (Å²) in [6.07, 6.45) is 17.2. The third-order valence-corrected chi connectivity index (χ3v) is 7.03. The molecular formula is C24H38F2O2. The van der Waals surface area contributed by atoms with Gasteiger partial charge in [-0.25, -0.2) is 0 Å². The van der Waals surface area contributed by atoms with Crippen LogP contribution in [0.3, 0.4) is 0 Å². The molecule has 3 rings (SSSR count). The number of rotatable bonds is 7. The Hall–Kier alpha value is -0.740. The first-order valence-electron chi connectivity index (χ1n) is 11.6. The number of hydrogen-bond acceptors (Lipinski definition) is 2. The monoisotopic (exact) mass is 396 g/mol. The highest BCUT2D eigenvalue weighted by molar-refractivity contribution is 4.96. The minimum atomic E-state index is -1.54. The third kappa shape index (κ3) is 6.95. The molecule has 0 bridgehead atoms. The molecule has 0 aromatic carbocycles. The molecule has 1 aliphatic heterocycles. The first-order valence-corrected chi connectivity index (χ1v) is 11.6. The van der Waals surface area contributed by atoms with Crippen LogP contribution in [-0.2, 0) is 9.47 Å². The Balaban J connectivity index is 1.33. The summed E-state index contributed by atoms with van der Waals surface area (Å²) in [5.41, 5.74) is 0. The van der Waals surface area contributed by atoms with Crippen LogP contribution in [0, 0.1) is 29.6 Å². The lowest BCUT2D eigenvalue weighted by molar-refractivity contribution is -0.222. The average molecular weight is 397 g/mol. The van der Waals surface area contributed by atoms with Gasteiger partial charge in [0.2, 0.25) is 0 Å². The largest absolute Gasteiger partial charge is 0.352 e. The Morgan fingerprint density at radius 3 is 2.04 bits per heavy atom. The summed E-state index contributed by atoms with van der Waals surface area (Å²) in [6.45, 7) is 3.74. The van der Waals surface area contributed by atoms with Gasteiger partial charge in [-0.05, 0) is 75.2 Å². The van der Waals surface area contributed by atoms with E-state index in [1.54, 1.807) is 0 Å². The van der Waals surface area contributed by atoms with Gasteiger partial charge < -0.3 is 9.47 Å². The van der Waals surface area contributed by atoms with Gasteiger partial charge in [0.25, 0.3) is 6.08 Å². The molecule has 3 aliphatic rings. The molecule has 0 unspecified atom stereocenters. The van der Waals surface area contributed by atoms with Crippen molar-refractivity contribution in [2.75, 3.05) is 13.2 Å². The molecule has 2 nitrogen and oxygen atoms in total. The molecule has 0 spiro atoms. The van der Waals surface area contributed by atoms with Gasteiger partial charge in [0, 0.05) is 11.8 Å². The first-order chi connectivity index (χ1) is 13.6. The predicted octanol–water partition coefficient (Wildman–Crippen LogP) is 7.12. The van der Waals surface area contributed by atoms with E-state index >= 15 is 0 Å². The van der Waals surface area contributed by atoms with E-state index in [9.17, 15) is 8.78 Å². The Morgan fingerprint density at radius 2 is 1.43 bits per heavy atom. The molecule has 2 saturated carbocycles. The molecule has 3 fully saturated rings. The van der Waals surface area contributed by atoms with Crippen LogP contribution in [0.1, 0.15) is 77.6 Å². The maximum absolute atomic E-state index is 12.4. The zero-order valence-electron chi connectivity index (χ0n) is 17.5. The van der Waals surface area contributed by atoms with Crippen molar-refractivity contribution in [2.24, 2.45) is 29.6 Å². The summed E-state index contributed by atoms with van der Waals surface area (Å²) in [5, 5.41) is 0. The molecule has 160 valence electrons. The second-order valence-corrected chi connectivity index (χ2v) is 9.23. The van der Waals surface area contributed by atoms with Crippen molar-refractivity contribution in [1.82, 2.24) is 0 Å². The van der Waals surface area contributed by atoms with E-state index in [0.717, 1.165) is 56.8 Å². The quantitative estimate of drug-likeness (QED) is 0.427. The lowest BCUT2D eigenvalue weighted by Gasteiger charge is -2.36. The van der Waals surface area contributed by atoms with Crippen LogP contribution >= 0.6 is 0 Å². The van der Waals surface area contributed by atoms with Gasteiger partial charge in [-0.1, -0.05) is 38.3 Å². The van der Waals surface area contributed by atoms with E-state index in [4.69, 9.17) is 9.47 Å². The summed E-state index contributed by atoms with van der Waals surface area (Å²) < 4.78 is 36.8. The van der Waals surface area contributed by atoms with E-state index in [1.165, 1.54) is 44.9 Å². The van der Waals surface area contributed by atoms with Crippen molar-refractivity contribution in [1.29, 1.82) is 0 Å². The SMILES string of the molecule is CCCCC1CCC(/C=C/C2COC(C3CCC(C=C(F)F)CC3)OC2)CC1. The molecule has 0 aromatic rings. The molecule has 0 radical (unpaired) electrons. The zero-order chi connectivity index (χ0) is 19.8. The molecule has 0 aromatic heterocycles. The summed E-state index contributed by atoms with van der Waals surface area (Å²) >= 11 is 0. The second kappa shape index (κ2) is 11.4. The van der Waals surface area contributed by atoms with Crippen molar-refractivity contribution in [2.45, 2.75) is 83.8 Å². The van der Waals surface area contributed by atoms with Gasteiger partial charge >= 0.3 is 0 Å². The van der Waals surface area contributed by atoms with Gasteiger partial charge in [-0.3, -0.25) is 0 Å². The molecule has 1 saturated heterocycles. The molecule has 2 aliphatic carbocycles. The molecule has 0 N–H and O–H groups in total. The Bertz CT molecular complexity index is 491. The van der Waals surface area contributed by atoms with Crippen molar-refractivity contribution in [3.05, 3.63) is 24.3 Å². The van der Waals surface area contributed by atoms with Crippen LogP contribution in [0.4, 0.5) is 8.78 Å². The van der Waals surface area contributed by atoms with E-state index in [1.807, 2.05) is 0 Å². The first kappa shape index (κ1) is 22.0. The normalized spacial score (nSPS) is 37.1. The highest BCUT2D eigenvalue weighted by Gasteiger charge is 2.32. The average Bonchev–Trinajstić information content (AvgIpc) is 2.72. The minimum absolute atomic E-state index is 0.0255. The van der Waals surface area contributed by atoms with Crippen molar-refractivity contribution in [3.63, 3.8) is 0 Å². The lowest BCUT2D eigenvalue weighted by Crippen LogP contribution is -2.38. The number of ether oxygens (including phenoxy) is 2. The summed E-state index contributed by atoms with van der Waals surface area (Å²) in [7, 11) is 0. The van der Waals surface area contributed by atoms with Crippen LogP contribution in [0.15, 0.2) is 24.3 Å². The fraction of sp³-hybridized carbons (Fsp3) is 0.833. The fourth-order valence-electron chi connectivity index (χ4n) is 5.15. The summed E-state index contributed by atoms with van der Waals surface area (Å²) in [6, 6.07) is 0. The Labute approximate surface area is 169 Å². The fourth-order valence-corrected chi connectivity index (χ4v) is 5.15. The Kier molecular flexibility index (Phi) is 8.98. The standard InChI is InChI=1S/C24H38F2O2/c1-2-3-4-18-5-7-19(8-6-18)9-10-21-16-27-24(28-17-21)22-13-11-20(12-14-22)15-23(25)26/h9-10,15,18-22,24H,2-8,11-14,16-17H2,1H3/b10-9+. The molecule has 0 atom stereocenters. The predicted molar refractivity (Wildman–Crippen MR) is 109 cm³/mol. The van der Waals surface area contributed by atoms with Crippen LogP contribution in [0.25, 0.3) is 0 Å². The zero-order valence-corrected chi connectivity index (χ0v) is 17.5. The molecule has 4 heteroatoms. The van der Waals surface area contributed by atoms with Gasteiger partial charge in [0.05, 0.1) is 13.2 Å². The molecular weight excluding hydrogens is 358 g/mol. The minimum Gasteiger partial charge on any atom is -0.352 e. The third-order valence-electron chi connectivity index (χ3n) is 7.03. The maximum atomic E-state index is 12.4. The molecule has 1 heterocycles. The van der Waals surface area contributed by atoms with Gasteiger partial charge in [0.1, 0.15) is 0 Å². The summed E-state index contributed by atoms with van der Waals surface area (Å²) in [4.78, 5) is 0. The Morgan fingerprint density at radius 1 is 0.821 bits per heavy atom. The molecule has 0 amide bonds. The van der Waals surface area contributed by atoms with Gasteiger partial charge in [-0.15, -0.1) is 0 Å². The lowest BCUT2D eigenvalue weighted by atomic mass is 9.79. The van der Waals surface area contributed by atoms with E-state index in [-0.39, 0.29) is 12.2 Å². The van der Waals surface area contributed by atoms with E-state index < -0.39 is 6.08 Å². The van der Waals surface area contributed by atoms with Gasteiger partial charge in [-0.2, -0.15) is 8.78 Å².